The molecule has 4 aliphatic rings. The van der Waals surface area contributed by atoms with Gasteiger partial charge in [-0.2, -0.15) is 19.6 Å². The van der Waals surface area contributed by atoms with Gasteiger partial charge in [-0.3, -0.25) is 0 Å². The fraction of sp³-hybridized carbons (Fsp3) is 0.962. The minimum atomic E-state index is -0.681. The molecule has 0 aromatic heterocycles. The molecule has 7 nitrogen and oxygen atoms in total. The van der Waals surface area contributed by atoms with Gasteiger partial charge in [0.1, 0.15) is 6.29 Å². The van der Waals surface area contributed by atoms with Crippen molar-refractivity contribution in [2.24, 2.45) is 29.6 Å². The summed E-state index contributed by atoms with van der Waals surface area (Å²) in [5, 5.41) is 0. The second kappa shape index (κ2) is 14.7. The Labute approximate surface area is 202 Å². The highest BCUT2D eigenvalue weighted by molar-refractivity contribution is 5.44. The molecule has 0 aromatic rings. The van der Waals surface area contributed by atoms with Gasteiger partial charge in [0.05, 0.1) is 0 Å². The zero-order valence-corrected chi connectivity index (χ0v) is 22.7. The number of aldehydes is 1. The van der Waals surface area contributed by atoms with Crippen LogP contribution in [0.5, 0.6) is 0 Å². The van der Waals surface area contributed by atoms with Gasteiger partial charge in [0, 0.05) is 38.4 Å². The number of rotatable bonds is 1. The van der Waals surface area contributed by atoms with E-state index in [1.807, 2.05) is 33.0 Å². The number of hydrogen-bond acceptors (Lipinski definition) is 7. The number of carbonyl (C=O) groups excluding carboxylic acids is 1. The molecule has 2 spiro atoms. The van der Waals surface area contributed by atoms with E-state index < -0.39 is 11.6 Å². The molecule has 1 saturated heterocycles. The van der Waals surface area contributed by atoms with Gasteiger partial charge in [-0.25, -0.2) is 0 Å². The molecule has 33 heavy (non-hydrogen) atoms. The number of nitrogens with zero attached hydrogens (tertiary/aromatic N) is 1. The van der Waals surface area contributed by atoms with E-state index >= 15 is 0 Å². The topological polar surface area (TPSA) is 66.5 Å². The van der Waals surface area contributed by atoms with Gasteiger partial charge < -0.3 is 14.4 Å². The van der Waals surface area contributed by atoms with E-state index in [0.717, 1.165) is 69.2 Å². The Morgan fingerprint density at radius 2 is 1.39 bits per heavy atom. The lowest BCUT2D eigenvalue weighted by molar-refractivity contribution is -0.677. The van der Waals surface area contributed by atoms with Crippen molar-refractivity contribution in [2.75, 3.05) is 34.9 Å². The number of fused-ring (bicyclic) bond motifs is 3. The van der Waals surface area contributed by atoms with Crippen LogP contribution in [0.2, 0.25) is 0 Å². The molecule has 1 aliphatic heterocycles. The largest absolute Gasteiger partial charge is 0.385 e. The molecule has 0 aromatic carbocycles. The molecule has 4 atom stereocenters. The van der Waals surface area contributed by atoms with Gasteiger partial charge in [-0.05, 0) is 91.3 Å². The lowest BCUT2D eigenvalue weighted by atomic mass is 9.62. The van der Waals surface area contributed by atoms with Gasteiger partial charge in [-0.1, -0.05) is 20.8 Å². The number of ether oxygens (including phenoxy) is 1. The predicted octanol–water partition coefficient (Wildman–Crippen LogP) is 5.63. The van der Waals surface area contributed by atoms with Crippen molar-refractivity contribution in [3.63, 3.8) is 0 Å². The average Bonchev–Trinajstić information content (AvgIpc) is 2.76. The molecular weight excluding hydrogens is 422 g/mol. The fourth-order valence-electron chi connectivity index (χ4n) is 5.31. The summed E-state index contributed by atoms with van der Waals surface area (Å²) in [5.41, 5.74) is 0. The summed E-state index contributed by atoms with van der Waals surface area (Å²) in [7, 11) is 7.68. The van der Waals surface area contributed by atoms with Gasteiger partial charge in [0.2, 0.25) is 11.6 Å². The van der Waals surface area contributed by atoms with Gasteiger partial charge >= 0.3 is 0 Å². The van der Waals surface area contributed by atoms with Crippen molar-refractivity contribution < 1.29 is 29.1 Å². The molecule has 2 bridgehead atoms. The Morgan fingerprint density at radius 3 is 1.85 bits per heavy atom. The molecule has 7 heteroatoms. The summed E-state index contributed by atoms with van der Waals surface area (Å²) in [6, 6.07) is 0. The molecular formula is C26H51NO6. The number of hydrogen-bond donors (Lipinski definition) is 0. The number of carbonyl (C=O) groups is 1. The van der Waals surface area contributed by atoms with Crippen LogP contribution in [0.25, 0.3) is 0 Å². The Balaban J connectivity index is 0.000000420. The summed E-state index contributed by atoms with van der Waals surface area (Å²) in [4.78, 5) is 34.7. The maximum atomic E-state index is 8.81. The lowest BCUT2D eigenvalue weighted by Gasteiger charge is -2.55. The quantitative estimate of drug-likeness (QED) is 0.361. The van der Waals surface area contributed by atoms with Crippen LogP contribution in [-0.4, -0.2) is 57.6 Å². The lowest BCUT2D eigenvalue weighted by Crippen LogP contribution is -2.61. The maximum absolute atomic E-state index is 8.81. The van der Waals surface area contributed by atoms with Crippen LogP contribution in [0.4, 0.5) is 0 Å². The summed E-state index contributed by atoms with van der Waals surface area (Å²) in [6.45, 7) is 11.1. The van der Waals surface area contributed by atoms with Gasteiger partial charge in [0.25, 0.3) is 0 Å². The average molecular weight is 474 g/mol. The highest BCUT2D eigenvalue weighted by Crippen LogP contribution is 2.55. The Kier molecular flexibility index (Phi) is 13.6. The number of methoxy groups -OCH3 is 1. The van der Waals surface area contributed by atoms with E-state index in [4.69, 9.17) is 24.3 Å². The molecule has 3 saturated carbocycles. The SMILES string of the molecule is CC1CCC2(CC1)OOC1(OO2)C(C)CC2CC(C)CC1C2.CC=O.CCOC.CN(C)C. The third kappa shape index (κ3) is 9.19. The molecule has 3 aliphatic carbocycles. The highest BCUT2D eigenvalue weighted by atomic mass is 17.4. The molecule has 0 amide bonds. The zero-order chi connectivity index (χ0) is 25.1. The van der Waals surface area contributed by atoms with E-state index in [2.05, 4.69) is 25.5 Å². The smallest absolute Gasteiger partial charge is 0.239 e. The molecule has 196 valence electrons. The van der Waals surface area contributed by atoms with E-state index in [1.165, 1.54) is 19.8 Å². The fourth-order valence-corrected chi connectivity index (χ4v) is 5.31. The predicted molar refractivity (Wildman–Crippen MR) is 130 cm³/mol. The van der Waals surface area contributed by atoms with Crippen molar-refractivity contribution in [1.29, 1.82) is 0 Å². The van der Waals surface area contributed by atoms with E-state index in [-0.39, 0.29) is 0 Å². The Hall–Kier alpha value is -0.570. The molecule has 1 heterocycles. The second-order valence-corrected chi connectivity index (χ2v) is 10.8. The third-order valence-corrected chi connectivity index (χ3v) is 6.96. The second-order valence-electron chi connectivity index (χ2n) is 10.8. The van der Waals surface area contributed by atoms with Crippen LogP contribution in [0.15, 0.2) is 0 Å². The summed E-state index contributed by atoms with van der Waals surface area (Å²) < 4.78 is 4.54. The van der Waals surface area contributed by atoms with Crippen molar-refractivity contribution >= 4 is 6.29 Å². The Bertz CT molecular complexity index is 516. The molecule has 4 fully saturated rings. The van der Waals surface area contributed by atoms with E-state index in [1.54, 1.807) is 7.11 Å². The van der Waals surface area contributed by atoms with E-state index in [0.29, 0.717) is 11.8 Å². The van der Waals surface area contributed by atoms with Crippen LogP contribution in [0, 0.1) is 29.6 Å². The first-order valence-corrected chi connectivity index (χ1v) is 12.8. The molecule has 4 rings (SSSR count). The van der Waals surface area contributed by atoms with Crippen LogP contribution < -0.4 is 0 Å². The van der Waals surface area contributed by atoms with Gasteiger partial charge in [0.15, 0.2) is 0 Å². The first-order chi connectivity index (χ1) is 15.6. The first kappa shape index (κ1) is 30.5. The van der Waals surface area contributed by atoms with Crippen molar-refractivity contribution in [3.8, 4) is 0 Å². The van der Waals surface area contributed by atoms with Crippen molar-refractivity contribution in [1.82, 2.24) is 4.90 Å². The van der Waals surface area contributed by atoms with Gasteiger partial charge in [-0.15, -0.1) is 0 Å². The van der Waals surface area contributed by atoms with Crippen molar-refractivity contribution in [3.05, 3.63) is 0 Å². The zero-order valence-electron chi connectivity index (χ0n) is 22.7. The third-order valence-electron chi connectivity index (χ3n) is 6.96. The minimum absolute atomic E-state index is 0.323. The summed E-state index contributed by atoms with van der Waals surface area (Å²) in [5.74, 6) is 1.67. The van der Waals surface area contributed by atoms with Crippen LogP contribution in [0.1, 0.15) is 86.0 Å². The monoisotopic (exact) mass is 473 g/mol. The standard InChI is InChI=1S/C18H30O4.C3H9N.C3H8O.C2H4O/c1-12-4-6-17(7-5-12)19-21-18(22-20-17)14(3)10-15-8-13(2)9-16(18)11-15;1-4(2)3;1-3-4-2;1-2-3/h12-16H,4-11H2,1-3H3;1-3H3;3H2,1-2H3;2H,1H3. The summed E-state index contributed by atoms with van der Waals surface area (Å²) >= 11 is 0. The van der Waals surface area contributed by atoms with E-state index in [9.17, 15) is 0 Å². The van der Waals surface area contributed by atoms with Crippen LogP contribution in [0.3, 0.4) is 0 Å². The molecule has 0 N–H and O–H groups in total. The Morgan fingerprint density at radius 1 is 0.909 bits per heavy atom. The normalized spacial score (nSPS) is 39.4. The van der Waals surface area contributed by atoms with Crippen LogP contribution >= 0.6 is 0 Å². The first-order valence-electron chi connectivity index (χ1n) is 12.8. The van der Waals surface area contributed by atoms with Crippen LogP contribution in [-0.2, 0) is 29.1 Å². The highest BCUT2D eigenvalue weighted by Gasteiger charge is 2.60. The maximum Gasteiger partial charge on any atom is 0.239 e. The summed E-state index contributed by atoms with van der Waals surface area (Å²) in [6.07, 6.45) is 9.53. The van der Waals surface area contributed by atoms with Crippen molar-refractivity contribution in [2.45, 2.75) is 97.6 Å². The minimum Gasteiger partial charge on any atom is -0.385 e. The molecule has 0 radical (unpaired) electrons. The molecule has 4 unspecified atom stereocenters.